The number of carbonyl (C=O) groups is 1. The van der Waals surface area contributed by atoms with Crippen LogP contribution in [0.1, 0.15) is 30.1 Å². The van der Waals surface area contributed by atoms with Crippen molar-refractivity contribution in [1.29, 1.82) is 0 Å². The number of hydrogen-bond acceptors (Lipinski definition) is 5. The predicted octanol–water partition coefficient (Wildman–Crippen LogP) is 2.07. The lowest BCUT2D eigenvalue weighted by molar-refractivity contribution is 0.0991. The standard InChI is InChI=1S/C13H16Cl3N3O4S/c1-13(16,19(8-4-5-8)24(21,22)12(14)15)7-23-11-9(10(17)20)3-2-6-18-11/h2-3,6,8,12H,4-5,7H2,1H3,(H2,17,20)/t13-/m1/s1. The second kappa shape index (κ2) is 7.21. The van der Waals surface area contributed by atoms with Gasteiger partial charge in [0.1, 0.15) is 17.2 Å². The van der Waals surface area contributed by atoms with Crippen molar-refractivity contribution in [2.75, 3.05) is 6.61 Å². The van der Waals surface area contributed by atoms with Gasteiger partial charge >= 0.3 is 0 Å². The molecule has 1 aliphatic rings. The van der Waals surface area contributed by atoms with Crippen LogP contribution in [-0.4, -0.2) is 45.4 Å². The van der Waals surface area contributed by atoms with Gasteiger partial charge in [-0.25, -0.2) is 13.4 Å². The molecule has 1 aromatic rings. The van der Waals surface area contributed by atoms with Gasteiger partial charge in [0.15, 0.2) is 0 Å². The molecule has 0 spiro atoms. The maximum Gasteiger partial charge on any atom is 0.254 e. The molecule has 1 heterocycles. The average molecular weight is 417 g/mol. The summed E-state index contributed by atoms with van der Waals surface area (Å²) in [5.74, 6) is -0.749. The van der Waals surface area contributed by atoms with E-state index in [9.17, 15) is 13.2 Å². The van der Waals surface area contributed by atoms with Crippen molar-refractivity contribution in [3.8, 4) is 5.88 Å². The smallest absolute Gasteiger partial charge is 0.254 e. The number of sulfonamides is 1. The summed E-state index contributed by atoms with van der Waals surface area (Å²) >= 11 is 17.6. The van der Waals surface area contributed by atoms with Gasteiger partial charge in [-0.1, -0.05) is 34.8 Å². The van der Waals surface area contributed by atoms with Crippen LogP contribution in [0.15, 0.2) is 18.3 Å². The van der Waals surface area contributed by atoms with E-state index in [1.54, 1.807) is 0 Å². The normalized spacial score (nSPS) is 17.8. The molecule has 134 valence electrons. The first-order valence-electron chi connectivity index (χ1n) is 6.95. The maximum atomic E-state index is 12.4. The van der Waals surface area contributed by atoms with Gasteiger partial charge < -0.3 is 10.5 Å². The number of hydrogen-bond donors (Lipinski definition) is 1. The fourth-order valence-corrected chi connectivity index (χ4v) is 4.58. The van der Waals surface area contributed by atoms with E-state index in [0.29, 0.717) is 12.8 Å². The first kappa shape index (κ1) is 19.5. The minimum absolute atomic E-state index is 0.0293. The zero-order valence-corrected chi connectivity index (χ0v) is 15.7. The summed E-state index contributed by atoms with van der Waals surface area (Å²) in [4.78, 5) is 13.8. The molecule has 0 saturated heterocycles. The van der Waals surface area contributed by atoms with Gasteiger partial charge in [0.2, 0.25) is 20.1 Å². The number of aromatic nitrogens is 1. The van der Waals surface area contributed by atoms with Crippen LogP contribution >= 0.6 is 34.8 Å². The van der Waals surface area contributed by atoms with Crippen molar-refractivity contribution >= 4 is 50.7 Å². The van der Waals surface area contributed by atoms with Crippen LogP contribution < -0.4 is 10.5 Å². The molecule has 1 saturated carbocycles. The second-order valence-electron chi connectivity index (χ2n) is 5.48. The zero-order chi connectivity index (χ0) is 18.1. The third-order valence-corrected chi connectivity index (χ3v) is 6.79. The molecule has 1 amide bonds. The highest BCUT2D eigenvalue weighted by molar-refractivity contribution is 7.92. The van der Waals surface area contributed by atoms with Crippen LogP contribution in [-0.2, 0) is 10.0 Å². The molecule has 1 fully saturated rings. The largest absolute Gasteiger partial charge is 0.474 e. The van der Waals surface area contributed by atoms with Gasteiger partial charge in [0.25, 0.3) is 5.91 Å². The Morgan fingerprint density at radius 1 is 1.54 bits per heavy atom. The van der Waals surface area contributed by atoms with Crippen molar-refractivity contribution in [3.63, 3.8) is 0 Å². The van der Waals surface area contributed by atoms with E-state index in [1.807, 2.05) is 0 Å². The molecule has 2 rings (SSSR count). The number of nitrogens with two attached hydrogens (primary N) is 1. The topological polar surface area (TPSA) is 103 Å². The molecule has 1 aromatic heterocycles. The fraction of sp³-hybridized carbons (Fsp3) is 0.538. The van der Waals surface area contributed by atoms with Crippen LogP contribution in [0.3, 0.4) is 0 Å². The zero-order valence-electron chi connectivity index (χ0n) is 12.7. The molecule has 11 heteroatoms. The molecular formula is C13H16Cl3N3O4S. The Hall–Kier alpha value is -0.800. The Morgan fingerprint density at radius 2 is 2.17 bits per heavy atom. The van der Waals surface area contributed by atoms with E-state index in [0.717, 1.165) is 4.31 Å². The minimum Gasteiger partial charge on any atom is -0.474 e. The third-order valence-electron chi connectivity index (χ3n) is 3.35. The van der Waals surface area contributed by atoms with E-state index in [-0.39, 0.29) is 24.1 Å². The van der Waals surface area contributed by atoms with E-state index in [4.69, 9.17) is 45.3 Å². The van der Waals surface area contributed by atoms with E-state index in [2.05, 4.69) is 4.98 Å². The lowest BCUT2D eigenvalue weighted by Crippen LogP contribution is -2.52. The first-order valence-corrected chi connectivity index (χ1v) is 9.71. The Labute approximate surface area is 155 Å². The van der Waals surface area contributed by atoms with Crippen LogP contribution in [0.5, 0.6) is 5.88 Å². The molecule has 0 radical (unpaired) electrons. The van der Waals surface area contributed by atoms with Gasteiger partial charge in [-0.15, -0.1) is 0 Å². The van der Waals surface area contributed by atoms with Crippen molar-refractivity contribution in [2.45, 2.75) is 35.0 Å². The summed E-state index contributed by atoms with van der Waals surface area (Å²) in [6.45, 7) is 1.19. The summed E-state index contributed by atoms with van der Waals surface area (Å²) in [6.07, 6.45) is 2.71. The van der Waals surface area contributed by atoms with E-state index < -0.39 is 25.1 Å². The van der Waals surface area contributed by atoms with Crippen LogP contribution in [0, 0.1) is 0 Å². The summed E-state index contributed by atoms with van der Waals surface area (Å²) in [6, 6.07) is 2.68. The first-order chi connectivity index (χ1) is 11.1. The average Bonchev–Trinajstić information content (AvgIpc) is 3.29. The summed E-state index contributed by atoms with van der Waals surface area (Å²) in [5, 5.41) is 0. The fourth-order valence-electron chi connectivity index (χ4n) is 2.21. The molecule has 1 atom stereocenters. The number of pyridine rings is 1. The SMILES string of the molecule is C[C@](Cl)(COc1ncccc1C(N)=O)N(C1CC1)S(=O)(=O)C(Cl)Cl. The minimum atomic E-state index is -4.02. The lowest BCUT2D eigenvalue weighted by atomic mass is 10.2. The van der Waals surface area contributed by atoms with Crippen molar-refractivity contribution in [3.05, 3.63) is 23.9 Å². The van der Waals surface area contributed by atoms with Gasteiger partial charge in [0, 0.05) is 12.2 Å². The van der Waals surface area contributed by atoms with E-state index >= 15 is 0 Å². The quantitative estimate of drug-likeness (QED) is 0.516. The number of carbonyl (C=O) groups excluding carboxylic acids is 1. The van der Waals surface area contributed by atoms with Crippen LogP contribution in [0.4, 0.5) is 0 Å². The van der Waals surface area contributed by atoms with Gasteiger partial charge in [-0.05, 0) is 31.9 Å². The van der Waals surface area contributed by atoms with Crippen molar-refractivity contribution in [1.82, 2.24) is 9.29 Å². The predicted molar refractivity (Wildman–Crippen MR) is 91.8 cm³/mol. The Bertz CT molecular complexity index is 723. The molecule has 0 aromatic carbocycles. The van der Waals surface area contributed by atoms with Crippen molar-refractivity contribution < 1.29 is 17.9 Å². The summed E-state index contributed by atoms with van der Waals surface area (Å²) in [7, 11) is -4.02. The highest BCUT2D eigenvalue weighted by atomic mass is 35.5. The summed E-state index contributed by atoms with van der Waals surface area (Å²) in [5.41, 5.74) is 5.32. The Morgan fingerprint density at radius 3 is 2.67 bits per heavy atom. The number of ether oxygens (including phenoxy) is 1. The number of amides is 1. The summed E-state index contributed by atoms with van der Waals surface area (Å²) < 4.78 is 29.6. The number of primary amides is 1. The Balaban J connectivity index is 2.22. The molecule has 0 unspecified atom stereocenters. The third kappa shape index (κ3) is 4.23. The van der Waals surface area contributed by atoms with Gasteiger partial charge in [-0.2, -0.15) is 4.31 Å². The van der Waals surface area contributed by atoms with Crippen molar-refractivity contribution in [2.24, 2.45) is 5.73 Å². The van der Waals surface area contributed by atoms with Crippen LogP contribution in [0.25, 0.3) is 0 Å². The lowest BCUT2D eigenvalue weighted by Gasteiger charge is -2.35. The van der Waals surface area contributed by atoms with Gasteiger partial charge in [-0.3, -0.25) is 4.79 Å². The maximum absolute atomic E-state index is 12.4. The van der Waals surface area contributed by atoms with E-state index in [1.165, 1.54) is 25.3 Å². The molecule has 0 aliphatic heterocycles. The molecule has 24 heavy (non-hydrogen) atoms. The molecule has 2 N–H and O–H groups in total. The number of nitrogens with zero attached hydrogens (tertiary/aromatic N) is 2. The number of rotatable bonds is 8. The van der Waals surface area contributed by atoms with Crippen LogP contribution in [0.2, 0.25) is 0 Å². The molecule has 0 bridgehead atoms. The molecular weight excluding hydrogens is 401 g/mol. The monoisotopic (exact) mass is 415 g/mol. The molecule has 7 nitrogen and oxygen atoms in total. The number of halogens is 3. The Kier molecular flexibility index (Phi) is 5.87. The molecule has 1 aliphatic carbocycles. The number of alkyl halides is 3. The van der Waals surface area contributed by atoms with Gasteiger partial charge in [0.05, 0.1) is 0 Å². The highest BCUT2D eigenvalue weighted by Crippen LogP contribution is 2.40. The second-order valence-corrected chi connectivity index (χ2v) is 9.81. The highest BCUT2D eigenvalue weighted by Gasteiger charge is 2.50.